The third-order valence-corrected chi connectivity index (χ3v) is 3.94. The number of halogens is 2. The van der Waals surface area contributed by atoms with Crippen LogP contribution in [0, 0.1) is 18.7 Å². The molecule has 0 bridgehead atoms. The third kappa shape index (κ3) is 4.42. The number of alkyl halides is 1. The van der Waals surface area contributed by atoms with Crippen LogP contribution in [0.1, 0.15) is 24.6 Å². The molecule has 0 aliphatic carbocycles. The van der Waals surface area contributed by atoms with E-state index in [1.165, 1.54) is 18.5 Å². The van der Waals surface area contributed by atoms with Gasteiger partial charge in [-0.3, -0.25) is 0 Å². The van der Waals surface area contributed by atoms with Crippen molar-refractivity contribution in [1.82, 2.24) is 9.55 Å². The van der Waals surface area contributed by atoms with Gasteiger partial charge < -0.3 is 9.67 Å². The highest BCUT2D eigenvalue weighted by Crippen LogP contribution is 2.20. The maximum atomic E-state index is 14.3. The first kappa shape index (κ1) is 17.2. The summed E-state index contributed by atoms with van der Waals surface area (Å²) in [6, 6.07) is 4.60. The Labute approximate surface area is 139 Å². The van der Waals surface area contributed by atoms with E-state index in [9.17, 15) is 14.3 Å². The van der Waals surface area contributed by atoms with E-state index in [0.717, 1.165) is 5.69 Å². The number of aryl methyl sites for hydroxylation is 1. The van der Waals surface area contributed by atoms with Crippen LogP contribution in [-0.2, 0) is 4.79 Å². The van der Waals surface area contributed by atoms with Crippen LogP contribution in [-0.4, -0.2) is 26.5 Å². The minimum atomic E-state index is -1.02. The van der Waals surface area contributed by atoms with E-state index in [1.807, 2.05) is 13.8 Å². The van der Waals surface area contributed by atoms with E-state index in [0.29, 0.717) is 23.6 Å². The van der Waals surface area contributed by atoms with Gasteiger partial charge in [0.1, 0.15) is 5.82 Å². The first-order chi connectivity index (χ1) is 10.9. The molecule has 0 radical (unpaired) electrons. The normalized spacial score (nSPS) is 13.1. The molecule has 23 heavy (non-hydrogen) atoms. The monoisotopic (exact) mass is 336 g/mol. The molecule has 0 fully saturated rings. The van der Waals surface area contributed by atoms with Crippen LogP contribution < -0.4 is 0 Å². The Morgan fingerprint density at radius 2 is 2.26 bits per heavy atom. The van der Waals surface area contributed by atoms with Crippen molar-refractivity contribution in [3.63, 3.8) is 0 Å². The molecular weight excluding hydrogens is 319 g/mol. The molecule has 0 aliphatic rings. The fourth-order valence-electron chi connectivity index (χ4n) is 2.21. The van der Waals surface area contributed by atoms with Crippen molar-refractivity contribution in [2.45, 2.75) is 20.3 Å². The number of aromatic nitrogens is 2. The second kappa shape index (κ2) is 7.42. The molecule has 122 valence electrons. The summed E-state index contributed by atoms with van der Waals surface area (Å²) in [5.74, 6) is -1.04. The van der Waals surface area contributed by atoms with Gasteiger partial charge in [0.15, 0.2) is 0 Å². The Hall–Kier alpha value is -2.14. The van der Waals surface area contributed by atoms with Crippen molar-refractivity contribution in [2.75, 3.05) is 5.88 Å². The number of carboxylic acid groups (broad SMARTS) is 1. The molecule has 0 saturated carbocycles. The zero-order valence-electron chi connectivity index (χ0n) is 13.0. The summed E-state index contributed by atoms with van der Waals surface area (Å²) in [5.41, 5.74) is 1.87. The van der Waals surface area contributed by atoms with Crippen molar-refractivity contribution >= 4 is 23.6 Å². The van der Waals surface area contributed by atoms with Gasteiger partial charge in [-0.05, 0) is 43.0 Å². The number of hydrogen-bond acceptors (Lipinski definition) is 2. The van der Waals surface area contributed by atoms with Crippen molar-refractivity contribution in [3.05, 3.63) is 53.4 Å². The molecule has 1 atom stereocenters. The van der Waals surface area contributed by atoms with Gasteiger partial charge >= 0.3 is 5.97 Å². The number of carboxylic acids is 1. The lowest BCUT2D eigenvalue weighted by molar-refractivity contribution is -0.132. The van der Waals surface area contributed by atoms with Gasteiger partial charge in [-0.25, -0.2) is 14.2 Å². The van der Waals surface area contributed by atoms with Crippen molar-refractivity contribution in [3.8, 4) is 5.69 Å². The molecule has 0 amide bonds. The first-order valence-corrected chi connectivity index (χ1v) is 7.74. The van der Waals surface area contributed by atoms with E-state index < -0.39 is 11.8 Å². The molecule has 1 N–H and O–H groups in total. The number of imidazole rings is 1. The fourth-order valence-corrected chi connectivity index (χ4v) is 2.32. The van der Waals surface area contributed by atoms with Gasteiger partial charge in [-0.1, -0.05) is 13.0 Å². The van der Waals surface area contributed by atoms with E-state index in [2.05, 4.69) is 4.98 Å². The molecule has 6 heteroatoms. The quantitative estimate of drug-likeness (QED) is 0.639. The second-order valence-electron chi connectivity index (χ2n) is 5.57. The minimum absolute atomic E-state index is 0.0389. The summed E-state index contributed by atoms with van der Waals surface area (Å²) in [4.78, 5) is 15.4. The van der Waals surface area contributed by atoms with E-state index in [-0.39, 0.29) is 11.5 Å². The molecule has 0 aliphatic heterocycles. The van der Waals surface area contributed by atoms with Crippen LogP contribution in [0.5, 0.6) is 0 Å². The molecule has 1 aromatic carbocycles. The van der Waals surface area contributed by atoms with Crippen LogP contribution in [0.3, 0.4) is 0 Å². The van der Waals surface area contributed by atoms with E-state index in [4.69, 9.17) is 11.6 Å². The van der Waals surface area contributed by atoms with Gasteiger partial charge in [-0.15, -0.1) is 11.6 Å². The molecule has 0 saturated heterocycles. The summed E-state index contributed by atoms with van der Waals surface area (Å²) >= 11 is 5.73. The zero-order valence-corrected chi connectivity index (χ0v) is 13.7. The fraction of sp³-hybridized carbons (Fsp3) is 0.294. The van der Waals surface area contributed by atoms with E-state index >= 15 is 0 Å². The Morgan fingerprint density at radius 1 is 1.52 bits per heavy atom. The Kier molecular flexibility index (Phi) is 5.55. The summed E-state index contributed by atoms with van der Waals surface area (Å²) in [6.07, 6.45) is 5.08. The van der Waals surface area contributed by atoms with Gasteiger partial charge in [0.2, 0.25) is 0 Å². The summed E-state index contributed by atoms with van der Waals surface area (Å²) in [6.45, 7) is 3.69. The van der Waals surface area contributed by atoms with Gasteiger partial charge in [0.05, 0.1) is 17.7 Å². The highest BCUT2D eigenvalue weighted by Gasteiger charge is 2.13. The van der Waals surface area contributed by atoms with Gasteiger partial charge in [0.25, 0.3) is 0 Å². The highest BCUT2D eigenvalue weighted by atomic mass is 35.5. The lowest BCUT2D eigenvalue weighted by atomic mass is 10.0. The third-order valence-electron chi connectivity index (χ3n) is 3.41. The van der Waals surface area contributed by atoms with Gasteiger partial charge in [0, 0.05) is 17.6 Å². The molecule has 4 nitrogen and oxygen atoms in total. The maximum absolute atomic E-state index is 14.3. The minimum Gasteiger partial charge on any atom is -0.478 e. The van der Waals surface area contributed by atoms with Crippen LogP contribution >= 0.6 is 11.6 Å². The largest absolute Gasteiger partial charge is 0.478 e. The molecule has 0 spiro atoms. The Bertz CT molecular complexity index is 740. The Morgan fingerprint density at radius 3 is 2.78 bits per heavy atom. The van der Waals surface area contributed by atoms with Gasteiger partial charge in [-0.2, -0.15) is 0 Å². The first-order valence-electron chi connectivity index (χ1n) is 7.21. The SMILES string of the molecule is Cc1cn(-c2ccc(C=C(C[C@H](C)CCl)C(=O)O)cc2F)cn1. The lowest BCUT2D eigenvalue weighted by Crippen LogP contribution is -2.07. The molecule has 2 rings (SSSR count). The zero-order chi connectivity index (χ0) is 17.0. The van der Waals surface area contributed by atoms with Crippen molar-refractivity contribution < 1.29 is 14.3 Å². The van der Waals surface area contributed by atoms with Crippen LogP contribution in [0.15, 0.2) is 36.3 Å². The predicted molar refractivity (Wildman–Crippen MR) is 88.4 cm³/mol. The summed E-state index contributed by atoms with van der Waals surface area (Å²) in [5, 5.41) is 9.27. The molecule has 1 aromatic heterocycles. The van der Waals surface area contributed by atoms with Crippen molar-refractivity contribution in [1.29, 1.82) is 0 Å². The average molecular weight is 337 g/mol. The maximum Gasteiger partial charge on any atom is 0.331 e. The standard InChI is InChI=1S/C17H18ClFN2O2/c1-11(8-18)5-14(17(22)23)6-13-3-4-16(15(19)7-13)21-9-12(2)20-10-21/h3-4,6-7,9-11H,5,8H2,1-2H3,(H,22,23)/t11-/m0/s1. The van der Waals surface area contributed by atoms with Crippen molar-refractivity contribution in [2.24, 2.45) is 5.92 Å². The van der Waals surface area contributed by atoms with Crippen LogP contribution in [0.2, 0.25) is 0 Å². The number of carbonyl (C=O) groups is 1. The summed E-state index contributed by atoms with van der Waals surface area (Å²) < 4.78 is 15.9. The predicted octanol–water partition coefficient (Wildman–Crippen LogP) is 4.05. The summed E-state index contributed by atoms with van der Waals surface area (Å²) in [7, 11) is 0. The molecule has 0 unspecified atom stereocenters. The smallest absolute Gasteiger partial charge is 0.331 e. The number of nitrogens with zero attached hydrogens (tertiary/aromatic N) is 2. The topological polar surface area (TPSA) is 55.1 Å². The van der Waals surface area contributed by atoms with E-state index in [1.54, 1.807) is 22.9 Å². The number of rotatable bonds is 6. The number of hydrogen-bond donors (Lipinski definition) is 1. The van der Waals surface area contributed by atoms with Crippen LogP contribution in [0.25, 0.3) is 11.8 Å². The molecule has 2 aromatic rings. The number of benzene rings is 1. The molecular formula is C17H18ClFN2O2. The number of aliphatic carboxylic acids is 1. The highest BCUT2D eigenvalue weighted by molar-refractivity contribution is 6.18. The Balaban J connectivity index is 2.31. The van der Waals surface area contributed by atoms with Crippen LogP contribution in [0.4, 0.5) is 4.39 Å². The second-order valence-corrected chi connectivity index (χ2v) is 5.88. The lowest BCUT2D eigenvalue weighted by Gasteiger charge is -2.09. The molecule has 1 heterocycles. The average Bonchev–Trinajstić information content (AvgIpc) is 2.92.